The Labute approximate surface area is 169 Å². The van der Waals surface area contributed by atoms with Gasteiger partial charge in [-0.05, 0) is 49.7 Å². The molecule has 1 aromatic heterocycles. The Balaban J connectivity index is 1.68. The normalized spacial score (nSPS) is 11.1. The molecule has 1 heterocycles. The minimum absolute atomic E-state index is 0.0631. The number of hydrogen-bond acceptors (Lipinski definition) is 3. The van der Waals surface area contributed by atoms with Crippen LogP contribution in [0.25, 0.3) is 0 Å². The highest BCUT2D eigenvalue weighted by Crippen LogP contribution is 2.10. The lowest BCUT2D eigenvalue weighted by Gasteiger charge is -2.11. The number of carbonyl (C=O) groups is 1. The summed E-state index contributed by atoms with van der Waals surface area (Å²) in [7, 11) is 0. The van der Waals surface area contributed by atoms with Crippen LogP contribution in [0.5, 0.6) is 0 Å². The second-order valence-electron chi connectivity index (χ2n) is 5.87. The molecular formula is C20H26BrN5O. The first kappa shape index (κ1) is 20.9. The van der Waals surface area contributed by atoms with E-state index in [0.717, 1.165) is 42.1 Å². The molecule has 0 atom stereocenters. The zero-order valence-electron chi connectivity index (χ0n) is 15.5. The number of nitrogens with one attached hydrogen (secondary N) is 3. The molecule has 0 aliphatic rings. The molecule has 1 aromatic carbocycles. The van der Waals surface area contributed by atoms with Crippen LogP contribution in [0.3, 0.4) is 0 Å². The molecular weight excluding hydrogens is 406 g/mol. The maximum atomic E-state index is 12.0. The molecule has 2 aromatic rings. The Morgan fingerprint density at radius 2 is 1.89 bits per heavy atom. The van der Waals surface area contributed by atoms with Gasteiger partial charge in [0.25, 0.3) is 5.91 Å². The minimum atomic E-state index is -0.0631. The van der Waals surface area contributed by atoms with E-state index in [-0.39, 0.29) is 5.91 Å². The zero-order valence-corrected chi connectivity index (χ0v) is 17.1. The number of amides is 1. The lowest BCUT2D eigenvalue weighted by atomic mass is 10.2. The Morgan fingerprint density at radius 1 is 1.07 bits per heavy atom. The first-order valence-corrected chi connectivity index (χ1v) is 9.94. The predicted octanol–water partition coefficient (Wildman–Crippen LogP) is 2.76. The minimum Gasteiger partial charge on any atom is -0.357 e. The molecule has 1 amide bonds. The third-order valence-corrected chi connectivity index (χ3v) is 4.27. The standard InChI is InChI=1S/C20H26BrN5O/c1-2-22-20(26-15-11-18-6-3-4-12-23-18)25-14-5-13-24-19(27)16-7-9-17(21)10-8-16/h3-4,6-10,12H,2,5,11,13-15H2,1H3,(H,24,27)(H2,22,25,26). The Morgan fingerprint density at radius 3 is 2.59 bits per heavy atom. The largest absolute Gasteiger partial charge is 0.357 e. The van der Waals surface area contributed by atoms with E-state index in [4.69, 9.17) is 0 Å². The summed E-state index contributed by atoms with van der Waals surface area (Å²) in [5.41, 5.74) is 1.71. The molecule has 2 rings (SSSR count). The highest BCUT2D eigenvalue weighted by atomic mass is 79.9. The number of benzene rings is 1. The van der Waals surface area contributed by atoms with E-state index in [2.05, 4.69) is 41.9 Å². The number of carbonyl (C=O) groups excluding carboxylic acids is 1. The van der Waals surface area contributed by atoms with Crippen molar-refractivity contribution in [2.75, 3.05) is 26.2 Å². The number of pyridine rings is 1. The third kappa shape index (κ3) is 8.21. The van der Waals surface area contributed by atoms with Crippen molar-refractivity contribution < 1.29 is 4.79 Å². The summed E-state index contributed by atoms with van der Waals surface area (Å²) < 4.78 is 0.958. The first-order chi connectivity index (χ1) is 13.2. The number of rotatable bonds is 9. The smallest absolute Gasteiger partial charge is 0.251 e. The van der Waals surface area contributed by atoms with Crippen molar-refractivity contribution >= 4 is 27.8 Å². The van der Waals surface area contributed by atoms with E-state index in [1.165, 1.54) is 0 Å². The van der Waals surface area contributed by atoms with Crippen LogP contribution in [0.4, 0.5) is 0 Å². The van der Waals surface area contributed by atoms with E-state index in [1.54, 1.807) is 18.3 Å². The quantitative estimate of drug-likeness (QED) is 0.324. The van der Waals surface area contributed by atoms with Gasteiger partial charge in [0.2, 0.25) is 0 Å². The molecule has 6 nitrogen and oxygen atoms in total. The Hall–Kier alpha value is -2.41. The summed E-state index contributed by atoms with van der Waals surface area (Å²) in [4.78, 5) is 20.9. The number of aromatic nitrogens is 1. The van der Waals surface area contributed by atoms with Gasteiger partial charge < -0.3 is 16.0 Å². The van der Waals surface area contributed by atoms with Crippen molar-refractivity contribution in [1.29, 1.82) is 0 Å². The van der Waals surface area contributed by atoms with E-state index >= 15 is 0 Å². The van der Waals surface area contributed by atoms with Gasteiger partial charge in [-0.3, -0.25) is 14.8 Å². The summed E-state index contributed by atoms with van der Waals surface area (Å²) in [6.45, 7) is 4.83. The summed E-state index contributed by atoms with van der Waals surface area (Å²) in [6.07, 6.45) is 3.42. The number of aliphatic imine (C=N–C) groups is 1. The average Bonchev–Trinajstić information content (AvgIpc) is 2.69. The molecule has 0 spiro atoms. The van der Waals surface area contributed by atoms with Crippen molar-refractivity contribution in [2.24, 2.45) is 4.99 Å². The summed E-state index contributed by atoms with van der Waals surface area (Å²) in [5.74, 6) is 0.722. The van der Waals surface area contributed by atoms with Gasteiger partial charge in [0.05, 0.1) is 0 Å². The van der Waals surface area contributed by atoms with E-state index in [9.17, 15) is 4.79 Å². The van der Waals surface area contributed by atoms with Gasteiger partial charge >= 0.3 is 0 Å². The molecule has 0 unspecified atom stereocenters. The van der Waals surface area contributed by atoms with Crippen molar-refractivity contribution in [1.82, 2.24) is 20.9 Å². The van der Waals surface area contributed by atoms with Crippen LogP contribution in [-0.2, 0) is 6.42 Å². The molecule has 0 saturated carbocycles. The number of nitrogens with zero attached hydrogens (tertiary/aromatic N) is 2. The zero-order chi connectivity index (χ0) is 19.3. The second kappa shape index (κ2) is 12.1. The lowest BCUT2D eigenvalue weighted by Crippen LogP contribution is -2.38. The average molecular weight is 432 g/mol. The van der Waals surface area contributed by atoms with Crippen molar-refractivity contribution in [3.05, 3.63) is 64.4 Å². The monoisotopic (exact) mass is 431 g/mol. The van der Waals surface area contributed by atoms with Gasteiger partial charge in [-0.25, -0.2) is 0 Å². The van der Waals surface area contributed by atoms with E-state index in [0.29, 0.717) is 18.7 Å². The van der Waals surface area contributed by atoms with Crippen LogP contribution >= 0.6 is 15.9 Å². The van der Waals surface area contributed by atoms with Gasteiger partial charge in [0.15, 0.2) is 5.96 Å². The molecule has 3 N–H and O–H groups in total. The number of guanidine groups is 1. The van der Waals surface area contributed by atoms with Crippen LogP contribution in [0.15, 0.2) is 58.1 Å². The molecule has 7 heteroatoms. The topological polar surface area (TPSA) is 78.4 Å². The van der Waals surface area contributed by atoms with Crippen molar-refractivity contribution in [3.8, 4) is 0 Å². The highest BCUT2D eigenvalue weighted by Gasteiger charge is 2.04. The SMILES string of the molecule is CCNC(=NCCCNC(=O)c1ccc(Br)cc1)NCCc1ccccn1. The second-order valence-corrected chi connectivity index (χ2v) is 6.79. The first-order valence-electron chi connectivity index (χ1n) is 9.15. The van der Waals surface area contributed by atoms with Crippen LogP contribution in [-0.4, -0.2) is 43.0 Å². The fourth-order valence-electron chi connectivity index (χ4n) is 2.37. The maximum Gasteiger partial charge on any atom is 0.251 e. The number of halogens is 1. The Kier molecular flexibility index (Phi) is 9.34. The molecule has 0 aliphatic carbocycles. The summed E-state index contributed by atoms with van der Waals surface area (Å²) >= 11 is 3.36. The van der Waals surface area contributed by atoms with Crippen molar-refractivity contribution in [2.45, 2.75) is 19.8 Å². The summed E-state index contributed by atoms with van der Waals surface area (Å²) in [5, 5.41) is 9.45. The van der Waals surface area contributed by atoms with Gasteiger partial charge in [-0.2, -0.15) is 0 Å². The van der Waals surface area contributed by atoms with Crippen LogP contribution in [0.1, 0.15) is 29.4 Å². The van der Waals surface area contributed by atoms with E-state index < -0.39 is 0 Å². The third-order valence-electron chi connectivity index (χ3n) is 3.74. The molecule has 144 valence electrons. The molecule has 0 bridgehead atoms. The van der Waals surface area contributed by atoms with Crippen LogP contribution < -0.4 is 16.0 Å². The fraction of sp³-hybridized carbons (Fsp3) is 0.350. The molecule has 0 aliphatic heterocycles. The van der Waals surface area contributed by atoms with Crippen molar-refractivity contribution in [3.63, 3.8) is 0 Å². The van der Waals surface area contributed by atoms with Crippen LogP contribution in [0.2, 0.25) is 0 Å². The van der Waals surface area contributed by atoms with Gasteiger partial charge in [-0.1, -0.05) is 22.0 Å². The predicted molar refractivity (Wildman–Crippen MR) is 113 cm³/mol. The van der Waals surface area contributed by atoms with Gasteiger partial charge in [-0.15, -0.1) is 0 Å². The molecule has 0 radical (unpaired) electrons. The van der Waals surface area contributed by atoms with Gasteiger partial charge in [0.1, 0.15) is 0 Å². The number of hydrogen-bond donors (Lipinski definition) is 3. The Bertz CT molecular complexity index is 719. The van der Waals surface area contributed by atoms with E-state index in [1.807, 2.05) is 37.3 Å². The van der Waals surface area contributed by atoms with Gasteiger partial charge in [0, 0.05) is 54.5 Å². The summed E-state index contributed by atoms with van der Waals surface area (Å²) in [6, 6.07) is 13.2. The fourth-order valence-corrected chi connectivity index (χ4v) is 2.64. The highest BCUT2D eigenvalue weighted by molar-refractivity contribution is 9.10. The van der Waals surface area contributed by atoms with Crippen LogP contribution in [0, 0.1) is 0 Å². The molecule has 0 saturated heterocycles. The molecule has 0 fully saturated rings. The lowest BCUT2D eigenvalue weighted by molar-refractivity contribution is 0.0953. The molecule has 27 heavy (non-hydrogen) atoms. The maximum absolute atomic E-state index is 12.0.